The predicted octanol–water partition coefficient (Wildman–Crippen LogP) is 18.7. The van der Waals surface area contributed by atoms with Gasteiger partial charge in [0.2, 0.25) is 0 Å². The number of hydrazone groups is 1. The van der Waals surface area contributed by atoms with E-state index in [1.54, 1.807) is 0 Å². The van der Waals surface area contributed by atoms with E-state index in [2.05, 4.69) is 244 Å². The molecule has 12 heteroatoms. The Morgan fingerprint density at radius 1 is 0.516 bits per heavy atom. The molecule has 0 radical (unpaired) electrons. The Balaban J connectivity index is 0.000000181. The monoisotopic (exact) mass is 1280 g/mol. The fourth-order valence-electron chi connectivity index (χ4n) is 14.6. The molecule has 0 spiro atoms. The van der Waals surface area contributed by atoms with Gasteiger partial charge in [-0.2, -0.15) is 5.10 Å². The normalized spacial score (nSPS) is 23.0. The highest BCUT2D eigenvalue weighted by Gasteiger charge is 2.44. The maximum atomic E-state index is 4.42. The molecule has 5 saturated heterocycles. The molecule has 91 heavy (non-hydrogen) atoms. The molecule has 7 aliphatic rings. The number of nitrogens with one attached hydrogen (secondary N) is 1. The minimum absolute atomic E-state index is 0.390. The molecule has 1 aliphatic carbocycles. The lowest BCUT2D eigenvalue weighted by atomic mass is 9.63. The smallest absolute Gasteiger partial charge is 0.122 e. The summed E-state index contributed by atoms with van der Waals surface area (Å²) in [6.45, 7) is 71.9. The molecule has 11 nitrogen and oxygen atoms in total. The van der Waals surface area contributed by atoms with Crippen LogP contribution in [-0.4, -0.2) is 128 Å². The van der Waals surface area contributed by atoms with Gasteiger partial charge >= 0.3 is 0 Å². The van der Waals surface area contributed by atoms with Gasteiger partial charge in [0, 0.05) is 69.4 Å². The Bertz CT molecular complexity index is 2680. The Morgan fingerprint density at radius 3 is 1.25 bits per heavy atom. The lowest BCUT2D eigenvalue weighted by Gasteiger charge is -2.48. The lowest BCUT2D eigenvalue weighted by molar-refractivity contribution is 0.0155. The van der Waals surface area contributed by atoms with Gasteiger partial charge in [0.1, 0.15) is 11.6 Å². The van der Waals surface area contributed by atoms with Gasteiger partial charge in [-0.15, -0.1) is 11.3 Å². The highest BCUT2D eigenvalue weighted by molar-refractivity contribution is 7.09. The third-order valence-electron chi connectivity index (χ3n) is 26.2. The molecule has 0 aromatic carbocycles. The van der Waals surface area contributed by atoms with Crippen molar-refractivity contribution < 1.29 is 0 Å². The van der Waals surface area contributed by atoms with E-state index < -0.39 is 0 Å². The number of allylic oxidation sites excluding steroid dienone is 1. The third-order valence-corrected chi connectivity index (χ3v) is 27.1. The second kappa shape index (κ2) is 31.8. The van der Waals surface area contributed by atoms with Crippen LogP contribution in [0.1, 0.15) is 257 Å². The van der Waals surface area contributed by atoms with E-state index in [4.69, 9.17) is 0 Å². The van der Waals surface area contributed by atoms with E-state index in [0.717, 1.165) is 49.3 Å². The highest BCUT2D eigenvalue weighted by Crippen LogP contribution is 2.50. The zero-order chi connectivity index (χ0) is 67.5. The molecule has 1 N–H and O–H groups in total. The minimum Gasteiger partial charge on any atom is -0.337 e. The summed E-state index contributed by atoms with van der Waals surface area (Å²) < 4.78 is 4.33. The highest BCUT2D eigenvalue weighted by atomic mass is 32.1. The number of aromatic nitrogens is 4. The first-order valence-corrected chi connectivity index (χ1v) is 37.3. The molecule has 1 saturated carbocycles. The second-order valence-corrected chi connectivity index (χ2v) is 37.5. The number of aryl methyl sites for hydroxylation is 2. The maximum Gasteiger partial charge on any atom is 0.122 e. The van der Waals surface area contributed by atoms with Crippen molar-refractivity contribution in [1.29, 1.82) is 0 Å². The zero-order valence-electron chi connectivity index (χ0n) is 63.5. The van der Waals surface area contributed by atoms with Crippen molar-refractivity contribution in [3.63, 3.8) is 0 Å². The van der Waals surface area contributed by atoms with Gasteiger partial charge in [0.25, 0.3) is 0 Å². The summed E-state index contributed by atoms with van der Waals surface area (Å²) in [7, 11) is 4.19. The van der Waals surface area contributed by atoms with Crippen molar-refractivity contribution >= 4 is 17.0 Å². The third kappa shape index (κ3) is 21.7. The van der Waals surface area contributed by atoms with Crippen molar-refractivity contribution in [1.82, 2.24) is 49.0 Å². The fraction of sp³-hybridized carbons (Fsp3) is 0.810. The van der Waals surface area contributed by atoms with E-state index in [9.17, 15) is 0 Å². The molecule has 0 atom stereocenters. The molecule has 6 aliphatic heterocycles. The van der Waals surface area contributed by atoms with Crippen LogP contribution in [0.25, 0.3) is 0 Å². The van der Waals surface area contributed by atoms with Gasteiger partial charge in [0.05, 0.1) is 18.0 Å². The summed E-state index contributed by atoms with van der Waals surface area (Å²) in [5.74, 6) is 3.29. The fourth-order valence-corrected chi connectivity index (χ4v) is 15.3. The molecule has 0 unspecified atom stereocenters. The number of hydrogen-bond donors (Lipinski definition) is 1. The number of nitrogens with zero attached hydrogens (tertiary/aromatic N) is 10. The Labute approximate surface area is 564 Å². The summed E-state index contributed by atoms with van der Waals surface area (Å²) in [6, 6.07) is 4.41. The lowest BCUT2D eigenvalue weighted by Crippen LogP contribution is -2.46. The number of likely N-dealkylation sites (tertiary alicyclic amines) is 5. The van der Waals surface area contributed by atoms with Crippen LogP contribution in [0.3, 0.4) is 0 Å². The largest absolute Gasteiger partial charge is 0.337 e. The summed E-state index contributed by atoms with van der Waals surface area (Å²) in [5.41, 5.74) is 10.8. The van der Waals surface area contributed by atoms with E-state index in [0.29, 0.717) is 54.1 Å². The van der Waals surface area contributed by atoms with Gasteiger partial charge in [0.15, 0.2) is 0 Å². The molecular weight excluding hydrogens is 1140 g/mol. The minimum atomic E-state index is 0.390. The molecule has 0 amide bonds. The summed E-state index contributed by atoms with van der Waals surface area (Å²) >= 11 is 1.88. The van der Waals surface area contributed by atoms with Gasteiger partial charge in [-0.3, -0.25) is 25.0 Å². The molecule has 3 aromatic rings. The Morgan fingerprint density at radius 2 is 0.912 bits per heavy atom. The molecule has 9 heterocycles. The number of rotatable bonds is 10. The van der Waals surface area contributed by atoms with Crippen LogP contribution >= 0.6 is 11.3 Å². The summed E-state index contributed by atoms with van der Waals surface area (Å²) in [4.78, 5) is 23.3. The molecule has 3 aromatic heterocycles. The van der Waals surface area contributed by atoms with Gasteiger partial charge < -0.3 is 14.0 Å². The first kappa shape index (κ1) is 76.9. The van der Waals surface area contributed by atoms with Crippen LogP contribution < -0.4 is 5.43 Å². The van der Waals surface area contributed by atoms with Crippen LogP contribution in [0.15, 0.2) is 65.6 Å². The number of piperidine rings is 5. The van der Waals surface area contributed by atoms with Gasteiger partial charge in [-0.05, 0) is 233 Å². The van der Waals surface area contributed by atoms with Gasteiger partial charge in [-0.25, -0.2) is 9.97 Å². The first-order chi connectivity index (χ1) is 42.2. The second-order valence-electron chi connectivity index (χ2n) is 36.4. The van der Waals surface area contributed by atoms with Crippen LogP contribution in [0.5, 0.6) is 0 Å². The van der Waals surface area contributed by atoms with E-state index in [1.165, 1.54) is 185 Å². The van der Waals surface area contributed by atoms with Crippen molar-refractivity contribution in [2.24, 2.45) is 79.3 Å². The van der Waals surface area contributed by atoms with E-state index >= 15 is 0 Å². The van der Waals surface area contributed by atoms with Crippen LogP contribution in [0.2, 0.25) is 0 Å². The molecule has 6 fully saturated rings. The predicted molar refractivity (Wildman–Crippen MR) is 394 cm³/mol. The average Bonchev–Trinajstić information content (AvgIpc) is 1.23. The molecular formula is C79H141N11S. The summed E-state index contributed by atoms with van der Waals surface area (Å²) in [6.07, 6.45) is 30.6. The van der Waals surface area contributed by atoms with Crippen molar-refractivity contribution in [2.45, 2.75) is 261 Å². The SMILES string of the molecule is C=C1C=CC(CN2CCC(C)(C(C)(C)C)CC2)=NN1.CC(C)(C)C1(C)CCN(CC2CCCCC2)CC1.CC(C)(C)C1(C)CCN(Cc2cccs2)CC1.Cc1ncc(CN2CCC(C)(C(C)(C)C)CC2)n1C.Cn1ccnc1CN1CCC(C)(C(C)(C)C)CC1. The average molecular weight is 1280 g/mol. The van der Waals surface area contributed by atoms with Crippen LogP contribution in [0.4, 0.5) is 0 Å². The topological polar surface area (TPSA) is 76.2 Å². The number of thiophene rings is 1. The molecule has 518 valence electrons. The van der Waals surface area contributed by atoms with Crippen molar-refractivity contribution in [3.05, 3.63) is 82.8 Å². The van der Waals surface area contributed by atoms with Crippen LogP contribution in [0, 0.1) is 67.0 Å². The van der Waals surface area contributed by atoms with Crippen LogP contribution in [-0.2, 0) is 33.7 Å². The maximum absolute atomic E-state index is 4.42. The van der Waals surface area contributed by atoms with E-state index in [-0.39, 0.29) is 0 Å². The standard InChI is InChI=1S/C17H33N.C16H29N3.C16H27N3.C15H27N3.C15H25NS/c1-16(2,3)17(4)10-12-18(13-11-17)14-15-8-6-5-7-9-15;1-13-17-11-14(18(13)6)12-19-9-7-16(5,8-10-19)15(2,3)4;1-13-6-7-14(18-17-13)12-19-10-8-16(5,9-11-19)15(2,3)4;1-14(2,3)15(4)6-9-18(10-7-15)12-13-16-8-11-17(13)5;1-14(2,3)15(4)7-9-16(10-8-15)12-13-6-5-11-17-13/h15H,5-14H2,1-4H3;11H,7-10,12H2,1-6H3;6-7,17H,1,8-12H2,2-5H3;8,11H,6-7,9-10,12H2,1-5H3;5-6,11H,7-10,12H2,1-4H3. The molecule has 10 rings (SSSR count). The van der Waals surface area contributed by atoms with E-state index in [1.807, 2.05) is 36.0 Å². The Kier molecular flexibility index (Phi) is 26.9. The zero-order valence-corrected chi connectivity index (χ0v) is 64.3. The quantitative estimate of drug-likeness (QED) is 0.215. The number of imidazole rings is 2. The Hall–Kier alpha value is -3.13. The number of hydrogen-bond acceptors (Lipinski definition) is 10. The van der Waals surface area contributed by atoms with Gasteiger partial charge in [-0.1, -0.05) is 170 Å². The summed E-state index contributed by atoms with van der Waals surface area (Å²) in [5, 5.41) is 6.51. The first-order valence-electron chi connectivity index (χ1n) is 36.4. The van der Waals surface area contributed by atoms with Crippen molar-refractivity contribution in [3.8, 4) is 0 Å². The molecule has 0 bridgehead atoms. The van der Waals surface area contributed by atoms with Crippen molar-refractivity contribution in [2.75, 3.05) is 78.5 Å².